The monoisotopic (exact) mass is 332 g/mol. The van der Waals surface area contributed by atoms with Gasteiger partial charge in [0.15, 0.2) is 0 Å². The van der Waals surface area contributed by atoms with Gasteiger partial charge in [-0.3, -0.25) is 0 Å². The molecule has 2 rings (SSSR count). The summed E-state index contributed by atoms with van der Waals surface area (Å²) < 4.78 is 1.04. The van der Waals surface area contributed by atoms with Crippen molar-refractivity contribution in [1.82, 2.24) is 0 Å². The standard InChI is InChI=1S/C12H10BBrO2.C4H8/c14-12-7-3-10(4-8-12)9-1-5-11(6-2-9)13(15)16;1-3-4-2/h1-8,15-16H;3-4H,1-2H3/b;4-3-. The number of rotatable bonds is 2. The summed E-state index contributed by atoms with van der Waals surface area (Å²) in [5, 5.41) is 17.9. The molecule has 0 bridgehead atoms. The minimum atomic E-state index is -1.40. The maximum atomic E-state index is 8.97. The molecule has 0 atom stereocenters. The predicted molar refractivity (Wildman–Crippen MR) is 89.9 cm³/mol. The Morgan fingerprint density at radius 2 is 1.20 bits per heavy atom. The summed E-state index contributed by atoms with van der Waals surface area (Å²) in [6.07, 6.45) is 4.00. The quantitative estimate of drug-likeness (QED) is 0.653. The van der Waals surface area contributed by atoms with Crippen LogP contribution in [-0.2, 0) is 0 Å². The van der Waals surface area contributed by atoms with E-state index in [2.05, 4.69) is 15.9 Å². The Morgan fingerprint density at radius 1 is 0.800 bits per heavy atom. The lowest BCUT2D eigenvalue weighted by Crippen LogP contribution is -2.29. The topological polar surface area (TPSA) is 40.5 Å². The van der Waals surface area contributed by atoms with Crippen molar-refractivity contribution in [3.63, 3.8) is 0 Å². The zero-order valence-corrected chi connectivity index (χ0v) is 13.2. The van der Waals surface area contributed by atoms with Crippen LogP contribution < -0.4 is 5.46 Å². The molecule has 0 aliphatic rings. The van der Waals surface area contributed by atoms with E-state index in [1.165, 1.54) is 0 Å². The van der Waals surface area contributed by atoms with Crippen LogP contribution in [0.5, 0.6) is 0 Å². The van der Waals surface area contributed by atoms with Crippen LogP contribution in [0.2, 0.25) is 0 Å². The normalized spacial score (nSPS) is 10.1. The van der Waals surface area contributed by atoms with Crippen molar-refractivity contribution in [3.05, 3.63) is 65.2 Å². The summed E-state index contributed by atoms with van der Waals surface area (Å²) in [7, 11) is -1.40. The van der Waals surface area contributed by atoms with Crippen LogP contribution in [0.3, 0.4) is 0 Å². The van der Waals surface area contributed by atoms with Crippen LogP contribution in [0, 0.1) is 0 Å². The molecule has 20 heavy (non-hydrogen) atoms. The molecule has 0 aliphatic heterocycles. The first kappa shape index (κ1) is 16.7. The summed E-state index contributed by atoms with van der Waals surface area (Å²) in [6.45, 7) is 4.00. The summed E-state index contributed by atoms with van der Waals surface area (Å²) in [6, 6.07) is 15.1. The van der Waals surface area contributed by atoms with E-state index in [0.717, 1.165) is 15.6 Å². The molecule has 0 unspecified atom stereocenters. The van der Waals surface area contributed by atoms with Gasteiger partial charge in [-0.1, -0.05) is 64.5 Å². The van der Waals surface area contributed by atoms with Gasteiger partial charge in [0, 0.05) is 4.47 Å². The number of halogens is 1. The van der Waals surface area contributed by atoms with Crippen molar-refractivity contribution in [2.45, 2.75) is 13.8 Å². The molecule has 2 aromatic carbocycles. The number of allylic oxidation sites excluding steroid dienone is 2. The van der Waals surface area contributed by atoms with Crippen LogP contribution in [0.1, 0.15) is 13.8 Å². The van der Waals surface area contributed by atoms with E-state index >= 15 is 0 Å². The van der Waals surface area contributed by atoms with Gasteiger partial charge in [-0.15, -0.1) is 0 Å². The minimum Gasteiger partial charge on any atom is -0.423 e. The Balaban J connectivity index is 0.000000444. The number of hydrogen-bond donors (Lipinski definition) is 2. The average molecular weight is 333 g/mol. The molecule has 2 aromatic rings. The van der Waals surface area contributed by atoms with Gasteiger partial charge in [0.05, 0.1) is 0 Å². The lowest BCUT2D eigenvalue weighted by atomic mass is 9.80. The molecule has 0 saturated heterocycles. The summed E-state index contributed by atoms with van der Waals surface area (Å²) in [4.78, 5) is 0. The first-order chi connectivity index (χ1) is 9.58. The van der Waals surface area contributed by atoms with E-state index in [1.54, 1.807) is 12.1 Å². The first-order valence-electron chi connectivity index (χ1n) is 6.37. The maximum Gasteiger partial charge on any atom is 0.488 e. The van der Waals surface area contributed by atoms with Gasteiger partial charge in [-0.05, 0) is 42.6 Å². The molecule has 0 aliphatic carbocycles. The Kier molecular flexibility index (Phi) is 7.30. The fourth-order valence-electron chi connectivity index (χ4n) is 1.49. The summed E-state index contributed by atoms with van der Waals surface area (Å²) >= 11 is 3.38. The van der Waals surface area contributed by atoms with Crippen molar-refractivity contribution in [3.8, 4) is 11.1 Å². The molecule has 2 N–H and O–H groups in total. The zero-order valence-electron chi connectivity index (χ0n) is 11.6. The predicted octanol–water partition coefficient (Wildman–Crippen LogP) is 3.38. The highest BCUT2D eigenvalue weighted by Crippen LogP contribution is 2.20. The highest BCUT2D eigenvalue weighted by Gasteiger charge is 2.09. The lowest BCUT2D eigenvalue weighted by Gasteiger charge is -2.04. The number of hydrogen-bond acceptors (Lipinski definition) is 2. The summed E-state index contributed by atoms with van der Waals surface area (Å²) in [5.41, 5.74) is 2.65. The third-order valence-corrected chi connectivity index (χ3v) is 3.25. The largest absolute Gasteiger partial charge is 0.488 e. The minimum absolute atomic E-state index is 0.501. The number of benzene rings is 2. The second kappa shape index (κ2) is 8.74. The highest BCUT2D eigenvalue weighted by atomic mass is 79.9. The van der Waals surface area contributed by atoms with Crippen LogP contribution in [0.25, 0.3) is 11.1 Å². The fourth-order valence-corrected chi connectivity index (χ4v) is 1.75. The van der Waals surface area contributed by atoms with Crippen molar-refractivity contribution in [2.24, 2.45) is 0 Å². The van der Waals surface area contributed by atoms with Crippen LogP contribution in [0.4, 0.5) is 0 Å². The van der Waals surface area contributed by atoms with E-state index < -0.39 is 7.12 Å². The van der Waals surface area contributed by atoms with Crippen LogP contribution in [0.15, 0.2) is 65.2 Å². The third-order valence-electron chi connectivity index (χ3n) is 2.72. The van der Waals surface area contributed by atoms with E-state index in [0.29, 0.717) is 5.46 Å². The van der Waals surface area contributed by atoms with Gasteiger partial charge < -0.3 is 10.0 Å². The Labute approximate surface area is 129 Å². The van der Waals surface area contributed by atoms with Crippen LogP contribution in [-0.4, -0.2) is 17.2 Å². The van der Waals surface area contributed by atoms with Gasteiger partial charge in [0.1, 0.15) is 0 Å². The molecule has 0 radical (unpaired) electrons. The maximum absolute atomic E-state index is 8.97. The molecule has 0 aromatic heterocycles. The fraction of sp³-hybridized carbons (Fsp3) is 0.125. The second-order valence-electron chi connectivity index (χ2n) is 4.17. The second-order valence-corrected chi connectivity index (χ2v) is 5.08. The first-order valence-corrected chi connectivity index (χ1v) is 7.17. The molecule has 4 heteroatoms. The molecule has 2 nitrogen and oxygen atoms in total. The Hall–Kier alpha value is -1.36. The molecular formula is C16H18BBrO2. The smallest absolute Gasteiger partial charge is 0.423 e. The van der Waals surface area contributed by atoms with Crippen molar-refractivity contribution in [1.29, 1.82) is 0 Å². The Morgan fingerprint density at radius 3 is 1.55 bits per heavy atom. The molecule has 104 valence electrons. The van der Waals surface area contributed by atoms with Gasteiger partial charge in [0.25, 0.3) is 0 Å². The Bertz CT molecular complexity index is 529. The van der Waals surface area contributed by atoms with Crippen molar-refractivity contribution in [2.75, 3.05) is 0 Å². The molecule has 0 saturated carbocycles. The van der Waals surface area contributed by atoms with E-state index in [9.17, 15) is 0 Å². The van der Waals surface area contributed by atoms with Gasteiger partial charge in [-0.2, -0.15) is 0 Å². The van der Waals surface area contributed by atoms with E-state index in [-0.39, 0.29) is 0 Å². The van der Waals surface area contributed by atoms with Crippen LogP contribution >= 0.6 is 15.9 Å². The van der Waals surface area contributed by atoms with E-state index in [1.807, 2.05) is 62.4 Å². The molecule has 0 heterocycles. The van der Waals surface area contributed by atoms with Crippen molar-refractivity contribution < 1.29 is 10.0 Å². The van der Waals surface area contributed by atoms with Gasteiger partial charge in [0.2, 0.25) is 0 Å². The summed E-state index contributed by atoms with van der Waals surface area (Å²) in [5.74, 6) is 0. The van der Waals surface area contributed by atoms with Gasteiger partial charge in [-0.25, -0.2) is 0 Å². The van der Waals surface area contributed by atoms with E-state index in [4.69, 9.17) is 10.0 Å². The van der Waals surface area contributed by atoms with Gasteiger partial charge >= 0.3 is 7.12 Å². The van der Waals surface area contributed by atoms with Crippen molar-refractivity contribution >= 4 is 28.5 Å². The average Bonchev–Trinajstić information content (AvgIpc) is 2.48. The highest BCUT2D eigenvalue weighted by molar-refractivity contribution is 9.10. The molecule has 0 fully saturated rings. The third kappa shape index (κ3) is 5.33. The molecular weight excluding hydrogens is 315 g/mol. The molecule has 0 spiro atoms. The molecule has 0 amide bonds. The zero-order chi connectivity index (χ0) is 15.0. The lowest BCUT2D eigenvalue weighted by molar-refractivity contribution is 0.426. The SMILES string of the molecule is C/C=C\C.OB(O)c1ccc(-c2ccc(Br)cc2)cc1.